The van der Waals surface area contributed by atoms with E-state index in [9.17, 15) is 13.2 Å². The fourth-order valence-corrected chi connectivity index (χ4v) is 5.60. The lowest BCUT2D eigenvalue weighted by Crippen LogP contribution is -2.40. The molecule has 1 heterocycles. The highest BCUT2D eigenvalue weighted by molar-refractivity contribution is 7.93. The van der Waals surface area contributed by atoms with Crippen molar-refractivity contribution in [3.8, 4) is 0 Å². The highest BCUT2D eigenvalue weighted by Gasteiger charge is 2.42. The first kappa shape index (κ1) is 20.6. The van der Waals surface area contributed by atoms with Gasteiger partial charge in [-0.1, -0.05) is 60.7 Å². The summed E-state index contributed by atoms with van der Waals surface area (Å²) >= 11 is 0. The maximum absolute atomic E-state index is 13.1. The van der Waals surface area contributed by atoms with Crippen LogP contribution in [0.3, 0.4) is 0 Å². The van der Waals surface area contributed by atoms with Crippen LogP contribution < -0.4 is 0 Å². The summed E-state index contributed by atoms with van der Waals surface area (Å²) in [5.74, 6) is -0.0162. The number of amides is 1. The Morgan fingerprint density at radius 3 is 1.96 bits per heavy atom. The monoisotopic (exact) mass is 399 g/mol. The molecule has 2 aromatic rings. The molecular formula is C23H29NO3S. The maximum Gasteiger partial charge on any atom is 0.223 e. The Hall–Kier alpha value is -2.14. The first-order valence-electron chi connectivity index (χ1n) is 9.81. The Balaban J connectivity index is 1.77. The van der Waals surface area contributed by atoms with Gasteiger partial charge in [0.15, 0.2) is 9.84 Å². The third-order valence-electron chi connectivity index (χ3n) is 5.57. The molecule has 0 aliphatic carbocycles. The van der Waals surface area contributed by atoms with E-state index in [0.717, 1.165) is 11.1 Å². The number of rotatable bonds is 5. The average molecular weight is 400 g/mol. The second-order valence-corrected chi connectivity index (χ2v) is 11.5. The zero-order chi connectivity index (χ0) is 20.4. The smallest absolute Gasteiger partial charge is 0.223 e. The van der Waals surface area contributed by atoms with Gasteiger partial charge in [-0.05, 0) is 38.3 Å². The van der Waals surface area contributed by atoms with Crippen LogP contribution in [0.4, 0.5) is 0 Å². The lowest BCUT2D eigenvalue weighted by molar-refractivity contribution is -0.130. The minimum atomic E-state index is -3.27. The molecular weight excluding hydrogens is 370 g/mol. The first-order valence-corrected chi connectivity index (χ1v) is 11.4. The van der Waals surface area contributed by atoms with E-state index in [1.807, 2.05) is 60.7 Å². The van der Waals surface area contributed by atoms with Crippen molar-refractivity contribution < 1.29 is 13.2 Å². The number of carbonyl (C=O) groups is 1. The number of sulfone groups is 1. The minimum Gasteiger partial charge on any atom is -0.341 e. The van der Waals surface area contributed by atoms with Crippen LogP contribution in [0.15, 0.2) is 60.7 Å². The molecule has 3 rings (SSSR count). The molecule has 0 unspecified atom stereocenters. The van der Waals surface area contributed by atoms with Crippen LogP contribution in [0.2, 0.25) is 0 Å². The number of carbonyl (C=O) groups excluding carboxylic acids is 1. The fourth-order valence-electron chi connectivity index (χ4n) is 3.81. The Morgan fingerprint density at radius 2 is 1.50 bits per heavy atom. The zero-order valence-corrected chi connectivity index (χ0v) is 17.7. The second kappa shape index (κ2) is 8.08. The van der Waals surface area contributed by atoms with E-state index in [-0.39, 0.29) is 11.8 Å². The van der Waals surface area contributed by atoms with E-state index in [1.54, 1.807) is 25.7 Å². The minimum absolute atomic E-state index is 0.0179. The van der Waals surface area contributed by atoms with E-state index in [1.165, 1.54) is 0 Å². The third-order valence-corrected chi connectivity index (χ3v) is 8.54. The van der Waals surface area contributed by atoms with E-state index < -0.39 is 19.8 Å². The quantitative estimate of drug-likeness (QED) is 0.763. The number of nitrogens with zero attached hydrogens (tertiary/aromatic N) is 1. The largest absolute Gasteiger partial charge is 0.341 e. The second-order valence-electron chi connectivity index (χ2n) is 8.49. The van der Waals surface area contributed by atoms with Gasteiger partial charge in [0.25, 0.3) is 0 Å². The molecule has 4 nitrogen and oxygen atoms in total. The van der Waals surface area contributed by atoms with Gasteiger partial charge in [0.05, 0.1) is 10.00 Å². The molecule has 1 aliphatic heterocycles. The van der Waals surface area contributed by atoms with Crippen molar-refractivity contribution in [2.24, 2.45) is 0 Å². The highest BCUT2D eigenvalue weighted by atomic mass is 32.2. The molecule has 1 saturated heterocycles. The Labute approximate surface area is 168 Å². The summed E-state index contributed by atoms with van der Waals surface area (Å²) < 4.78 is 24.7. The zero-order valence-electron chi connectivity index (χ0n) is 16.8. The molecule has 0 radical (unpaired) electrons. The van der Waals surface area contributed by atoms with Crippen molar-refractivity contribution in [3.63, 3.8) is 0 Å². The number of hydrogen-bond donors (Lipinski definition) is 0. The van der Waals surface area contributed by atoms with Gasteiger partial charge in [-0.25, -0.2) is 8.42 Å². The van der Waals surface area contributed by atoms with Gasteiger partial charge in [-0.2, -0.15) is 0 Å². The van der Waals surface area contributed by atoms with Crippen LogP contribution in [0.1, 0.15) is 50.7 Å². The predicted octanol–water partition coefficient (Wildman–Crippen LogP) is 4.02. The van der Waals surface area contributed by atoms with Crippen LogP contribution in [0.5, 0.6) is 0 Å². The van der Waals surface area contributed by atoms with Crippen LogP contribution >= 0.6 is 0 Å². The van der Waals surface area contributed by atoms with Crippen LogP contribution in [-0.4, -0.2) is 42.3 Å². The summed E-state index contributed by atoms with van der Waals surface area (Å²) in [6.45, 7) is 6.00. The molecule has 0 aromatic heterocycles. The summed E-state index contributed by atoms with van der Waals surface area (Å²) in [7, 11) is -3.27. The van der Waals surface area contributed by atoms with Crippen molar-refractivity contribution in [2.75, 3.05) is 13.1 Å². The standard InChI is InChI=1S/C23H29NO3S/c1-23(2,3)28(26,27)20-14-15-24(17-20)22(25)16-21(18-10-6-4-7-11-18)19-12-8-5-9-13-19/h4-13,20-21H,14-17H2,1-3H3/t20-/m1/s1. The lowest BCUT2D eigenvalue weighted by atomic mass is 9.88. The van der Waals surface area contributed by atoms with Gasteiger partial charge < -0.3 is 4.90 Å². The van der Waals surface area contributed by atoms with Gasteiger partial charge in [0, 0.05) is 25.4 Å². The summed E-state index contributed by atoms with van der Waals surface area (Å²) in [4.78, 5) is 14.8. The number of likely N-dealkylation sites (tertiary alicyclic amines) is 1. The van der Waals surface area contributed by atoms with Gasteiger partial charge in [0.1, 0.15) is 0 Å². The van der Waals surface area contributed by atoms with Crippen molar-refractivity contribution in [1.82, 2.24) is 4.90 Å². The van der Waals surface area contributed by atoms with E-state index >= 15 is 0 Å². The van der Waals surface area contributed by atoms with Gasteiger partial charge >= 0.3 is 0 Å². The van der Waals surface area contributed by atoms with E-state index in [0.29, 0.717) is 25.9 Å². The number of hydrogen-bond acceptors (Lipinski definition) is 3. The molecule has 1 aliphatic rings. The summed E-state index contributed by atoms with van der Waals surface area (Å²) in [6.07, 6.45) is 0.864. The normalized spacial score (nSPS) is 17.9. The molecule has 0 saturated carbocycles. The van der Waals surface area contributed by atoms with Crippen molar-refractivity contribution in [1.29, 1.82) is 0 Å². The lowest BCUT2D eigenvalue weighted by Gasteiger charge is -2.25. The molecule has 5 heteroatoms. The molecule has 0 N–H and O–H groups in total. The Bertz CT molecular complexity index is 862. The van der Waals surface area contributed by atoms with Crippen molar-refractivity contribution >= 4 is 15.7 Å². The maximum atomic E-state index is 13.1. The SMILES string of the molecule is CC(C)(C)S(=O)(=O)[C@@H]1CCN(C(=O)CC(c2ccccc2)c2ccccc2)C1. The Morgan fingerprint density at radius 1 is 1.00 bits per heavy atom. The topological polar surface area (TPSA) is 54.5 Å². The van der Waals surface area contributed by atoms with Gasteiger partial charge in [0.2, 0.25) is 5.91 Å². The summed E-state index contributed by atoms with van der Waals surface area (Å²) in [5, 5.41) is -0.469. The Kier molecular flexibility index (Phi) is 5.94. The number of benzene rings is 2. The van der Waals surface area contributed by atoms with Crippen LogP contribution in [0.25, 0.3) is 0 Å². The van der Waals surface area contributed by atoms with Gasteiger partial charge in [-0.3, -0.25) is 4.79 Å². The predicted molar refractivity (Wildman–Crippen MR) is 113 cm³/mol. The average Bonchev–Trinajstić information content (AvgIpc) is 3.17. The first-order chi connectivity index (χ1) is 13.2. The fraction of sp³-hybridized carbons (Fsp3) is 0.435. The van der Waals surface area contributed by atoms with E-state index in [2.05, 4.69) is 0 Å². The molecule has 2 aromatic carbocycles. The molecule has 1 amide bonds. The van der Waals surface area contributed by atoms with Gasteiger partial charge in [-0.15, -0.1) is 0 Å². The molecule has 0 bridgehead atoms. The van der Waals surface area contributed by atoms with Crippen molar-refractivity contribution in [3.05, 3.63) is 71.8 Å². The molecule has 0 spiro atoms. The van der Waals surface area contributed by atoms with Crippen molar-refractivity contribution in [2.45, 2.75) is 49.5 Å². The highest BCUT2D eigenvalue weighted by Crippen LogP contribution is 2.31. The summed E-state index contributed by atoms with van der Waals surface area (Å²) in [5.41, 5.74) is 2.19. The molecule has 1 atom stereocenters. The van der Waals surface area contributed by atoms with E-state index in [4.69, 9.17) is 0 Å². The van der Waals surface area contributed by atoms with Crippen LogP contribution in [0, 0.1) is 0 Å². The molecule has 150 valence electrons. The van der Waals surface area contributed by atoms with Crippen LogP contribution in [-0.2, 0) is 14.6 Å². The third kappa shape index (κ3) is 4.30. The molecule has 1 fully saturated rings. The summed E-state index contributed by atoms with van der Waals surface area (Å²) in [6, 6.07) is 20.0. The molecule has 28 heavy (non-hydrogen) atoms.